The Kier molecular flexibility index (Phi) is 3.62. The summed E-state index contributed by atoms with van der Waals surface area (Å²) >= 11 is 0. The van der Waals surface area contributed by atoms with Crippen LogP contribution >= 0.6 is 0 Å². The van der Waals surface area contributed by atoms with E-state index >= 15 is 0 Å². The van der Waals surface area contributed by atoms with Gasteiger partial charge in [0.1, 0.15) is 11.9 Å². The van der Waals surface area contributed by atoms with E-state index in [4.69, 9.17) is 5.11 Å². The van der Waals surface area contributed by atoms with E-state index in [0.717, 1.165) is 16.9 Å². The van der Waals surface area contributed by atoms with Crippen LogP contribution < -0.4 is 5.32 Å². The molecule has 0 radical (unpaired) electrons. The lowest BCUT2D eigenvalue weighted by molar-refractivity contribution is -0.138. The van der Waals surface area contributed by atoms with Crippen LogP contribution in [0, 0.1) is 6.92 Å². The maximum Gasteiger partial charge on any atom is 0.320 e. The molecule has 1 unspecified atom stereocenters. The number of imidazole rings is 1. The smallest absolute Gasteiger partial charge is 0.320 e. The van der Waals surface area contributed by atoms with Crippen LogP contribution in [0.15, 0.2) is 24.3 Å². The lowest BCUT2D eigenvalue weighted by Gasteiger charge is -2.11. The number of hydrogen-bond acceptors (Lipinski definition) is 3. The predicted molar refractivity (Wildman–Crippen MR) is 69.6 cm³/mol. The van der Waals surface area contributed by atoms with E-state index < -0.39 is 12.0 Å². The number of aryl methyl sites for hydroxylation is 1. The number of para-hydroxylation sites is 2. The van der Waals surface area contributed by atoms with E-state index in [1.165, 1.54) is 0 Å². The number of carbonyl (C=O) groups is 1. The van der Waals surface area contributed by atoms with Crippen molar-refractivity contribution in [2.75, 3.05) is 6.54 Å². The minimum absolute atomic E-state index is 0.528. The first-order valence-corrected chi connectivity index (χ1v) is 5.97. The largest absolute Gasteiger partial charge is 0.480 e. The van der Waals surface area contributed by atoms with Crippen molar-refractivity contribution < 1.29 is 9.90 Å². The Morgan fingerprint density at radius 3 is 2.94 bits per heavy atom. The molecule has 1 heterocycles. The number of carboxylic acid groups (broad SMARTS) is 1. The Hall–Kier alpha value is -1.88. The first kappa shape index (κ1) is 12.6. The molecule has 1 aromatic heterocycles. The highest BCUT2D eigenvalue weighted by molar-refractivity contribution is 5.75. The van der Waals surface area contributed by atoms with Crippen molar-refractivity contribution in [1.29, 1.82) is 0 Å². The van der Waals surface area contributed by atoms with Crippen LogP contribution in [0.4, 0.5) is 0 Å². The van der Waals surface area contributed by atoms with Gasteiger partial charge in [-0.05, 0) is 26.0 Å². The fraction of sp³-hybridized carbons (Fsp3) is 0.385. The maximum absolute atomic E-state index is 10.7. The van der Waals surface area contributed by atoms with Gasteiger partial charge in [0, 0.05) is 13.1 Å². The topological polar surface area (TPSA) is 67.2 Å². The van der Waals surface area contributed by atoms with Crippen LogP contribution in [0.3, 0.4) is 0 Å². The molecule has 1 aromatic carbocycles. The van der Waals surface area contributed by atoms with Crippen molar-refractivity contribution in [3.05, 3.63) is 30.1 Å². The minimum Gasteiger partial charge on any atom is -0.480 e. The summed E-state index contributed by atoms with van der Waals surface area (Å²) in [6, 6.07) is 7.42. The van der Waals surface area contributed by atoms with E-state index in [1.807, 2.05) is 31.2 Å². The van der Waals surface area contributed by atoms with Gasteiger partial charge in [-0.15, -0.1) is 0 Å². The van der Waals surface area contributed by atoms with Gasteiger partial charge < -0.3 is 15.0 Å². The molecule has 0 aliphatic rings. The lowest BCUT2D eigenvalue weighted by atomic mass is 10.3. The number of carboxylic acids is 1. The van der Waals surface area contributed by atoms with Crippen LogP contribution in [0.2, 0.25) is 0 Å². The normalized spacial score (nSPS) is 12.8. The number of fused-ring (bicyclic) bond motifs is 1. The number of nitrogens with zero attached hydrogens (tertiary/aromatic N) is 2. The zero-order chi connectivity index (χ0) is 13.1. The highest BCUT2D eigenvalue weighted by atomic mass is 16.4. The zero-order valence-corrected chi connectivity index (χ0v) is 10.6. The monoisotopic (exact) mass is 247 g/mol. The molecule has 0 spiro atoms. The molecule has 0 aliphatic heterocycles. The van der Waals surface area contributed by atoms with Crippen LogP contribution in [-0.4, -0.2) is 33.2 Å². The molecule has 2 rings (SSSR count). The second kappa shape index (κ2) is 5.18. The Labute approximate surface area is 105 Å². The highest BCUT2D eigenvalue weighted by Crippen LogP contribution is 2.14. The molecule has 0 aliphatic carbocycles. The third-order valence-electron chi connectivity index (χ3n) is 3.00. The molecule has 0 saturated carbocycles. The highest BCUT2D eigenvalue weighted by Gasteiger charge is 2.10. The molecular formula is C13H17N3O2. The second-order valence-corrected chi connectivity index (χ2v) is 4.31. The summed E-state index contributed by atoms with van der Waals surface area (Å²) in [4.78, 5) is 15.2. The van der Waals surface area contributed by atoms with Gasteiger partial charge in [-0.1, -0.05) is 12.1 Å². The fourth-order valence-corrected chi connectivity index (χ4v) is 1.96. The van der Waals surface area contributed by atoms with Crippen molar-refractivity contribution in [2.45, 2.75) is 26.4 Å². The van der Waals surface area contributed by atoms with Gasteiger partial charge >= 0.3 is 5.97 Å². The third kappa shape index (κ3) is 2.51. The van der Waals surface area contributed by atoms with Gasteiger partial charge in [-0.3, -0.25) is 4.79 Å². The Bertz CT molecular complexity index is 562. The molecule has 18 heavy (non-hydrogen) atoms. The lowest BCUT2D eigenvalue weighted by Crippen LogP contribution is -2.35. The molecule has 2 N–H and O–H groups in total. The number of rotatable bonds is 5. The van der Waals surface area contributed by atoms with Gasteiger partial charge in [-0.25, -0.2) is 4.98 Å². The molecular weight excluding hydrogens is 230 g/mol. The molecule has 0 fully saturated rings. The van der Waals surface area contributed by atoms with E-state index in [2.05, 4.69) is 14.9 Å². The summed E-state index contributed by atoms with van der Waals surface area (Å²) in [5.74, 6) is 0.114. The number of hydrogen-bond donors (Lipinski definition) is 2. The first-order chi connectivity index (χ1) is 8.59. The van der Waals surface area contributed by atoms with Gasteiger partial charge in [0.25, 0.3) is 0 Å². The Morgan fingerprint density at radius 2 is 2.22 bits per heavy atom. The van der Waals surface area contributed by atoms with Crippen LogP contribution in [0.1, 0.15) is 12.7 Å². The van der Waals surface area contributed by atoms with Crippen molar-refractivity contribution in [3.8, 4) is 0 Å². The van der Waals surface area contributed by atoms with Crippen molar-refractivity contribution in [2.24, 2.45) is 0 Å². The molecule has 0 amide bonds. The number of nitrogens with one attached hydrogen (secondary N) is 1. The maximum atomic E-state index is 10.7. The molecule has 5 nitrogen and oxygen atoms in total. The third-order valence-corrected chi connectivity index (χ3v) is 3.00. The SMILES string of the molecule is Cc1nc2ccccc2n1CCNC(C)C(=O)O. The van der Waals surface area contributed by atoms with Gasteiger partial charge in [0.2, 0.25) is 0 Å². The summed E-state index contributed by atoms with van der Waals surface area (Å²) < 4.78 is 2.09. The van der Waals surface area contributed by atoms with E-state index in [1.54, 1.807) is 6.92 Å². The molecule has 5 heteroatoms. The molecule has 0 bridgehead atoms. The number of aromatic nitrogens is 2. The summed E-state index contributed by atoms with van der Waals surface area (Å²) in [6.45, 7) is 4.92. The molecule has 0 saturated heterocycles. The summed E-state index contributed by atoms with van der Waals surface area (Å²) in [5.41, 5.74) is 2.06. The number of benzene rings is 1. The van der Waals surface area contributed by atoms with Gasteiger partial charge in [0.15, 0.2) is 0 Å². The summed E-state index contributed by atoms with van der Waals surface area (Å²) in [5, 5.41) is 11.7. The number of aliphatic carboxylic acids is 1. The van der Waals surface area contributed by atoms with Crippen LogP contribution in [0.25, 0.3) is 11.0 Å². The van der Waals surface area contributed by atoms with Crippen molar-refractivity contribution >= 4 is 17.0 Å². The van der Waals surface area contributed by atoms with Crippen molar-refractivity contribution in [3.63, 3.8) is 0 Å². The summed E-state index contributed by atoms with van der Waals surface area (Å²) in [6.07, 6.45) is 0. The fourth-order valence-electron chi connectivity index (χ4n) is 1.96. The van der Waals surface area contributed by atoms with Gasteiger partial charge in [-0.2, -0.15) is 0 Å². The Morgan fingerprint density at radius 1 is 1.50 bits per heavy atom. The standard InChI is InChI=1S/C13H17N3O2/c1-9(13(17)18)14-7-8-16-10(2)15-11-5-3-4-6-12(11)16/h3-6,9,14H,7-8H2,1-2H3,(H,17,18). The predicted octanol–water partition coefficient (Wildman–Crippen LogP) is 1.41. The quantitative estimate of drug-likeness (QED) is 0.838. The Balaban J connectivity index is 2.08. The zero-order valence-electron chi connectivity index (χ0n) is 10.6. The summed E-state index contributed by atoms with van der Waals surface area (Å²) in [7, 11) is 0. The second-order valence-electron chi connectivity index (χ2n) is 4.31. The first-order valence-electron chi connectivity index (χ1n) is 5.97. The average molecular weight is 247 g/mol. The van der Waals surface area contributed by atoms with Crippen molar-refractivity contribution in [1.82, 2.24) is 14.9 Å². The van der Waals surface area contributed by atoms with Crippen LogP contribution in [0.5, 0.6) is 0 Å². The van der Waals surface area contributed by atoms with Gasteiger partial charge in [0.05, 0.1) is 11.0 Å². The molecule has 1 atom stereocenters. The van der Waals surface area contributed by atoms with E-state index in [-0.39, 0.29) is 0 Å². The van der Waals surface area contributed by atoms with Crippen LogP contribution in [-0.2, 0) is 11.3 Å². The van der Waals surface area contributed by atoms with E-state index in [9.17, 15) is 4.79 Å². The minimum atomic E-state index is -0.831. The average Bonchev–Trinajstić information content (AvgIpc) is 2.65. The molecule has 2 aromatic rings. The van der Waals surface area contributed by atoms with E-state index in [0.29, 0.717) is 13.1 Å². The molecule has 96 valence electrons.